The van der Waals surface area contributed by atoms with Crippen LogP contribution in [0.15, 0.2) is 47.4 Å². The number of hydroxylamine groups is 2. The monoisotopic (exact) mass is 364 g/mol. The zero-order valence-electron chi connectivity index (χ0n) is 12.3. The Morgan fingerprint density at radius 3 is 2.12 bits per heavy atom. The number of primary sulfonamides is 1. The van der Waals surface area contributed by atoms with Crippen LogP contribution in [0.4, 0.5) is 4.39 Å². The second-order valence-electron chi connectivity index (χ2n) is 5.02. The van der Waals surface area contributed by atoms with Gasteiger partial charge in [-0.1, -0.05) is 17.2 Å². The van der Waals surface area contributed by atoms with Gasteiger partial charge in [0.05, 0.1) is 21.6 Å². The number of nitrogens with two attached hydrogens (primary N) is 1. The van der Waals surface area contributed by atoms with Crippen LogP contribution < -0.4 is 5.14 Å². The summed E-state index contributed by atoms with van der Waals surface area (Å²) in [6.07, 6.45) is 0. The van der Waals surface area contributed by atoms with Crippen molar-refractivity contribution in [2.75, 3.05) is 0 Å². The predicted molar refractivity (Wildman–Crippen MR) is 80.1 cm³/mol. The number of amides is 2. The summed E-state index contributed by atoms with van der Waals surface area (Å²) < 4.78 is 36.4. The van der Waals surface area contributed by atoms with Gasteiger partial charge >= 0.3 is 5.97 Å². The van der Waals surface area contributed by atoms with Crippen LogP contribution in [-0.4, -0.2) is 31.3 Å². The maximum Gasteiger partial charge on any atom is 0.366 e. The minimum absolute atomic E-state index is 0.0269. The Bertz CT molecular complexity index is 999. The third kappa shape index (κ3) is 2.88. The van der Waals surface area contributed by atoms with E-state index in [1.165, 1.54) is 24.3 Å². The molecule has 0 unspecified atom stereocenters. The van der Waals surface area contributed by atoms with Crippen LogP contribution in [0.5, 0.6) is 0 Å². The highest BCUT2D eigenvalue weighted by molar-refractivity contribution is 7.89. The van der Waals surface area contributed by atoms with E-state index in [0.717, 1.165) is 6.07 Å². The normalized spacial score (nSPS) is 13.8. The number of fused-ring (bicyclic) bond motifs is 1. The molecule has 0 aliphatic carbocycles. The molecule has 25 heavy (non-hydrogen) atoms. The first-order chi connectivity index (χ1) is 11.7. The third-order valence-electron chi connectivity index (χ3n) is 3.42. The van der Waals surface area contributed by atoms with Crippen molar-refractivity contribution in [3.63, 3.8) is 0 Å². The van der Waals surface area contributed by atoms with Gasteiger partial charge in [-0.05, 0) is 30.3 Å². The molecule has 0 spiro atoms. The first-order valence-electron chi connectivity index (χ1n) is 6.72. The lowest BCUT2D eigenvalue weighted by Gasteiger charge is -2.13. The van der Waals surface area contributed by atoms with Crippen molar-refractivity contribution in [1.82, 2.24) is 5.06 Å². The summed E-state index contributed by atoms with van der Waals surface area (Å²) in [5.41, 5.74) is -0.735. The molecule has 0 radical (unpaired) electrons. The number of carbonyl (C=O) groups excluding carboxylic acids is 3. The van der Waals surface area contributed by atoms with Crippen molar-refractivity contribution in [3.8, 4) is 0 Å². The largest absolute Gasteiger partial charge is 0.366 e. The van der Waals surface area contributed by atoms with E-state index >= 15 is 0 Å². The average molecular weight is 364 g/mol. The van der Waals surface area contributed by atoms with E-state index in [4.69, 9.17) is 5.14 Å². The van der Waals surface area contributed by atoms with Crippen LogP contribution in [0.3, 0.4) is 0 Å². The number of benzene rings is 2. The van der Waals surface area contributed by atoms with E-state index in [-0.39, 0.29) is 16.2 Å². The molecular weight excluding hydrogens is 355 g/mol. The Kier molecular flexibility index (Phi) is 3.85. The number of halogens is 1. The SMILES string of the molecule is NS(=O)(=O)c1ccc(F)c(C(=O)ON2C(=O)c3ccccc3C2=O)c1. The Morgan fingerprint density at radius 2 is 1.60 bits per heavy atom. The molecule has 2 aromatic rings. The van der Waals surface area contributed by atoms with Gasteiger partial charge in [0, 0.05) is 0 Å². The van der Waals surface area contributed by atoms with Gasteiger partial charge in [0.15, 0.2) is 0 Å². The van der Waals surface area contributed by atoms with Crippen molar-refractivity contribution >= 4 is 27.8 Å². The predicted octanol–water partition coefficient (Wildman–Crippen LogP) is 0.841. The molecule has 2 aromatic carbocycles. The topological polar surface area (TPSA) is 124 Å². The van der Waals surface area contributed by atoms with Crippen LogP contribution >= 0.6 is 0 Å². The number of sulfonamides is 1. The summed E-state index contributed by atoms with van der Waals surface area (Å²) in [6.45, 7) is 0. The van der Waals surface area contributed by atoms with Crippen LogP contribution in [0, 0.1) is 5.82 Å². The van der Waals surface area contributed by atoms with E-state index in [1.807, 2.05) is 0 Å². The number of nitrogens with zero attached hydrogens (tertiary/aromatic N) is 1. The number of hydrogen-bond donors (Lipinski definition) is 1. The molecule has 1 heterocycles. The Labute approximate surface area is 140 Å². The minimum Gasteiger partial charge on any atom is -0.324 e. The molecule has 0 atom stereocenters. The smallest absolute Gasteiger partial charge is 0.324 e. The van der Waals surface area contributed by atoms with Crippen LogP contribution in [0.1, 0.15) is 31.1 Å². The van der Waals surface area contributed by atoms with Crippen molar-refractivity contribution in [2.45, 2.75) is 4.90 Å². The molecule has 0 saturated carbocycles. The fourth-order valence-electron chi connectivity index (χ4n) is 2.22. The van der Waals surface area contributed by atoms with Gasteiger partial charge in [0.25, 0.3) is 11.8 Å². The van der Waals surface area contributed by atoms with E-state index in [1.54, 1.807) is 0 Å². The van der Waals surface area contributed by atoms with Gasteiger partial charge in [-0.2, -0.15) is 0 Å². The number of hydrogen-bond acceptors (Lipinski definition) is 6. The molecule has 1 aliphatic rings. The fourth-order valence-corrected chi connectivity index (χ4v) is 2.76. The van der Waals surface area contributed by atoms with Crippen molar-refractivity contribution in [2.24, 2.45) is 5.14 Å². The lowest BCUT2D eigenvalue weighted by atomic mass is 10.1. The lowest BCUT2D eigenvalue weighted by Crippen LogP contribution is -2.33. The Hall–Kier alpha value is -3.11. The molecule has 0 saturated heterocycles. The van der Waals surface area contributed by atoms with E-state index < -0.39 is 44.1 Å². The zero-order valence-corrected chi connectivity index (χ0v) is 13.1. The average Bonchev–Trinajstić information content (AvgIpc) is 2.79. The van der Waals surface area contributed by atoms with E-state index in [9.17, 15) is 27.2 Å². The molecule has 0 bridgehead atoms. The summed E-state index contributed by atoms with van der Waals surface area (Å²) >= 11 is 0. The van der Waals surface area contributed by atoms with E-state index in [2.05, 4.69) is 4.84 Å². The second kappa shape index (κ2) is 5.76. The van der Waals surface area contributed by atoms with Crippen LogP contribution in [-0.2, 0) is 14.9 Å². The Balaban J connectivity index is 1.92. The molecule has 10 heteroatoms. The Morgan fingerprint density at radius 1 is 1.04 bits per heavy atom. The van der Waals surface area contributed by atoms with Gasteiger partial charge in [-0.25, -0.2) is 22.7 Å². The van der Waals surface area contributed by atoms with Crippen molar-refractivity contribution in [3.05, 3.63) is 65.0 Å². The fraction of sp³-hybridized carbons (Fsp3) is 0. The standard InChI is InChI=1S/C15H9FN2O6S/c16-12-6-5-8(25(17,22)23)7-11(12)15(21)24-18-13(19)9-3-1-2-4-10(9)14(18)20/h1-7H,(H2,17,22,23). The quantitative estimate of drug-likeness (QED) is 0.805. The number of carbonyl (C=O) groups is 3. The highest BCUT2D eigenvalue weighted by Crippen LogP contribution is 2.24. The number of rotatable bonds is 3. The molecular formula is C15H9FN2O6S. The summed E-state index contributed by atoms with van der Waals surface area (Å²) in [4.78, 5) is 40.5. The molecule has 128 valence electrons. The maximum atomic E-state index is 13.8. The van der Waals surface area contributed by atoms with Gasteiger partial charge in [0.2, 0.25) is 10.0 Å². The highest BCUT2D eigenvalue weighted by Gasteiger charge is 2.39. The first-order valence-corrected chi connectivity index (χ1v) is 8.27. The summed E-state index contributed by atoms with van der Waals surface area (Å²) in [6, 6.07) is 8.00. The van der Waals surface area contributed by atoms with Crippen molar-refractivity contribution in [1.29, 1.82) is 0 Å². The first kappa shape index (κ1) is 16.7. The number of imide groups is 1. The summed E-state index contributed by atoms with van der Waals surface area (Å²) in [5.74, 6) is -4.31. The van der Waals surface area contributed by atoms with Gasteiger partial charge in [-0.15, -0.1) is 0 Å². The van der Waals surface area contributed by atoms with Gasteiger partial charge in [-0.3, -0.25) is 9.59 Å². The molecule has 2 N–H and O–H groups in total. The van der Waals surface area contributed by atoms with Gasteiger partial charge in [0.1, 0.15) is 5.82 Å². The minimum atomic E-state index is -4.19. The highest BCUT2D eigenvalue weighted by atomic mass is 32.2. The molecule has 0 fully saturated rings. The molecule has 0 aromatic heterocycles. The third-order valence-corrected chi connectivity index (χ3v) is 4.33. The molecule has 2 amide bonds. The van der Waals surface area contributed by atoms with Crippen LogP contribution in [0.25, 0.3) is 0 Å². The summed E-state index contributed by atoms with van der Waals surface area (Å²) in [5, 5.41) is 5.11. The second-order valence-corrected chi connectivity index (χ2v) is 6.58. The zero-order chi connectivity index (χ0) is 18.4. The molecule has 1 aliphatic heterocycles. The summed E-state index contributed by atoms with van der Waals surface area (Å²) in [7, 11) is -4.19. The van der Waals surface area contributed by atoms with Crippen LogP contribution in [0.2, 0.25) is 0 Å². The molecule has 8 nitrogen and oxygen atoms in total. The maximum absolute atomic E-state index is 13.8. The van der Waals surface area contributed by atoms with E-state index in [0.29, 0.717) is 12.1 Å². The molecule has 3 rings (SSSR count). The lowest BCUT2D eigenvalue weighted by molar-refractivity contribution is -0.0587. The van der Waals surface area contributed by atoms with Crippen molar-refractivity contribution < 1.29 is 32.0 Å². The van der Waals surface area contributed by atoms with Gasteiger partial charge < -0.3 is 4.84 Å².